The molecule has 6 nitrogen and oxygen atoms in total. The maximum atomic E-state index is 14.5. The first-order valence-corrected chi connectivity index (χ1v) is 18.1. The average molecular weight is 721 g/mol. The van der Waals surface area contributed by atoms with E-state index < -0.39 is 0 Å². The average Bonchev–Trinajstić information content (AvgIpc) is 3.47. The molecule has 3 aromatic carbocycles. The molecule has 2 amide bonds. The molecule has 2 heterocycles. The lowest BCUT2D eigenvalue weighted by Crippen LogP contribution is -2.48. The number of pyridine rings is 1. The molecule has 5 aromatic rings. The van der Waals surface area contributed by atoms with Crippen LogP contribution in [0.25, 0.3) is 21.2 Å². The Labute approximate surface area is 300 Å². The molecule has 1 fully saturated rings. The second-order valence-electron chi connectivity index (χ2n) is 12.0. The minimum Gasteiger partial charge on any atom is -0.484 e. The fourth-order valence-corrected chi connectivity index (χ4v) is 8.47. The molecule has 2 aromatic heterocycles. The predicted molar refractivity (Wildman–Crippen MR) is 196 cm³/mol. The van der Waals surface area contributed by atoms with Gasteiger partial charge in [0.2, 0.25) is 0 Å². The number of hydrogen-bond donors (Lipinski definition) is 0. The molecule has 0 atom stereocenters. The van der Waals surface area contributed by atoms with Crippen molar-refractivity contribution < 1.29 is 14.3 Å². The molecule has 10 heteroatoms. The Bertz CT molecular complexity index is 1880. The molecule has 1 saturated carbocycles. The zero-order valence-corrected chi connectivity index (χ0v) is 29.7. The second kappa shape index (κ2) is 15.7. The normalized spacial score (nSPS) is 16.1. The van der Waals surface area contributed by atoms with Crippen LogP contribution in [0.3, 0.4) is 0 Å². The summed E-state index contributed by atoms with van der Waals surface area (Å²) in [6.07, 6.45) is 7.47. The third-order valence-electron chi connectivity index (χ3n) is 8.88. The SMILES string of the molecule is CCCN(C(=O)COc1ccccc1)C1CCC(N(Cc2cccc(-c3ccncc3)c2)C(=O)c2sc3c(Cl)c(Cl)ccc3c2Cl)CC1. The Morgan fingerprint density at radius 3 is 2.25 bits per heavy atom. The molecule has 0 saturated heterocycles. The lowest BCUT2D eigenvalue weighted by atomic mass is 9.88. The van der Waals surface area contributed by atoms with E-state index in [1.807, 2.05) is 70.5 Å². The molecule has 0 aliphatic heterocycles. The Balaban J connectivity index is 1.25. The summed E-state index contributed by atoms with van der Waals surface area (Å²) in [6, 6.07) is 25.2. The van der Waals surface area contributed by atoms with Crippen molar-refractivity contribution in [1.29, 1.82) is 0 Å². The first kappa shape index (κ1) is 34.3. The number of rotatable bonds is 11. The van der Waals surface area contributed by atoms with Crippen LogP contribution in [0.15, 0.2) is 91.3 Å². The van der Waals surface area contributed by atoms with E-state index in [0.717, 1.165) is 48.8 Å². The Hall–Kier alpha value is -3.62. The molecule has 248 valence electrons. The van der Waals surface area contributed by atoms with Gasteiger partial charge < -0.3 is 14.5 Å². The zero-order valence-electron chi connectivity index (χ0n) is 26.6. The number of nitrogens with zero attached hydrogens (tertiary/aromatic N) is 3. The van der Waals surface area contributed by atoms with Gasteiger partial charge in [-0.25, -0.2) is 0 Å². The highest BCUT2D eigenvalue weighted by molar-refractivity contribution is 7.22. The van der Waals surface area contributed by atoms with E-state index >= 15 is 0 Å². The lowest BCUT2D eigenvalue weighted by Gasteiger charge is -2.41. The summed E-state index contributed by atoms with van der Waals surface area (Å²) in [7, 11) is 0. The molecule has 0 unspecified atom stereocenters. The van der Waals surface area contributed by atoms with Gasteiger partial charge in [-0.2, -0.15) is 0 Å². The van der Waals surface area contributed by atoms with Gasteiger partial charge in [-0.15, -0.1) is 11.3 Å². The van der Waals surface area contributed by atoms with Crippen LogP contribution in [-0.2, 0) is 11.3 Å². The van der Waals surface area contributed by atoms with Gasteiger partial charge in [-0.3, -0.25) is 14.6 Å². The summed E-state index contributed by atoms with van der Waals surface area (Å²) in [5.74, 6) is 0.526. The van der Waals surface area contributed by atoms with E-state index in [1.54, 1.807) is 18.5 Å². The molecule has 0 spiro atoms. The van der Waals surface area contributed by atoms with Crippen LogP contribution >= 0.6 is 46.1 Å². The van der Waals surface area contributed by atoms with Crippen LogP contribution in [0.5, 0.6) is 5.75 Å². The van der Waals surface area contributed by atoms with Crippen molar-refractivity contribution in [3.8, 4) is 16.9 Å². The number of carbonyl (C=O) groups excluding carboxylic acids is 2. The van der Waals surface area contributed by atoms with E-state index in [2.05, 4.69) is 24.0 Å². The summed E-state index contributed by atoms with van der Waals surface area (Å²) >= 11 is 21.0. The minimum atomic E-state index is -0.135. The van der Waals surface area contributed by atoms with Crippen LogP contribution in [-0.4, -0.2) is 51.8 Å². The van der Waals surface area contributed by atoms with Crippen molar-refractivity contribution >= 4 is 68.0 Å². The highest BCUT2D eigenvalue weighted by Gasteiger charge is 2.35. The minimum absolute atomic E-state index is 0.000613. The van der Waals surface area contributed by atoms with Crippen molar-refractivity contribution in [2.45, 2.75) is 57.7 Å². The maximum Gasteiger partial charge on any atom is 0.266 e. The molecule has 1 aliphatic carbocycles. The number of carbonyl (C=O) groups is 2. The van der Waals surface area contributed by atoms with Crippen molar-refractivity contribution in [3.63, 3.8) is 0 Å². The van der Waals surface area contributed by atoms with Crippen LogP contribution in [0.2, 0.25) is 15.1 Å². The molecule has 6 rings (SSSR count). The number of fused-ring (bicyclic) bond motifs is 1. The van der Waals surface area contributed by atoms with Gasteiger partial charge in [-0.05, 0) is 85.2 Å². The lowest BCUT2D eigenvalue weighted by molar-refractivity contribution is -0.136. The number of halogens is 3. The number of para-hydroxylation sites is 1. The summed E-state index contributed by atoms with van der Waals surface area (Å²) in [4.78, 5) is 36.4. The third kappa shape index (κ3) is 7.65. The maximum absolute atomic E-state index is 14.5. The number of benzene rings is 3. The Kier molecular flexibility index (Phi) is 11.2. The monoisotopic (exact) mass is 719 g/mol. The number of hydrogen-bond acceptors (Lipinski definition) is 5. The van der Waals surface area contributed by atoms with Gasteiger partial charge in [0.25, 0.3) is 11.8 Å². The standard InChI is InChI=1S/C38H36Cl3N3O3S/c1-2-21-43(33(45)24-47-30-9-4-3-5-10-30)28-11-13-29(14-12-28)44(23-25-7-6-8-27(22-25)26-17-19-42-20-18-26)38(46)37-34(40)31-15-16-32(39)35(41)36(31)48-37/h3-10,15-20,22,28-29H,2,11-14,21,23-24H2,1H3. The number of aromatic nitrogens is 1. The quantitative estimate of drug-likeness (QED) is 0.136. The fourth-order valence-electron chi connectivity index (χ4n) is 6.48. The van der Waals surface area contributed by atoms with E-state index in [1.165, 1.54) is 11.3 Å². The van der Waals surface area contributed by atoms with Crippen LogP contribution in [0.1, 0.15) is 54.3 Å². The predicted octanol–water partition coefficient (Wildman–Crippen LogP) is 10.2. The van der Waals surface area contributed by atoms with Gasteiger partial charge >= 0.3 is 0 Å². The Morgan fingerprint density at radius 1 is 0.833 bits per heavy atom. The summed E-state index contributed by atoms with van der Waals surface area (Å²) in [5, 5.41) is 1.92. The third-order valence-corrected chi connectivity index (χ3v) is 11.5. The molecule has 48 heavy (non-hydrogen) atoms. The fraction of sp³-hybridized carbons (Fsp3) is 0.289. The molecule has 1 aliphatic rings. The number of thiophene rings is 1. The van der Waals surface area contributed by atoms with Gasteiger partial charge in [-0.1, -0.05) is 84.2 Å². The molecular weight excluding hydrogens is 685 g/mol. The van der Waals surface area contributed by atoms with Crippen molar-refractivity contribution in [1.82, 2.24) is 14.8 Å². The van der Waals surface area contributed by atoms with E-state index in [4.69, 9.17) is 39.5 Å². The van der Waals surface area contributed by atoms with E-state index in [-0.39, 0.29) is 30.5 Å². The summed E-state index contributed by atoms with van der Waals surface area (Å²) in [6.45, 7) is 3.16. The topological polar surface area (TPSA) is 62.7 Å². The molecular formula is C38H36Cl3N3O3S. The van der Waals surface area contributed by atoms with Crippen molar-refractivity contribution in [2.24, 2.45) is 0 Å². The van der Waals surface area contributed by atoms with Crippen LogP contribution in [0.4, 0.5) is 0 Å². The first-order chi connectivity index (χ1) is 23.3. The second-order valence-corrected chi connectivity index (χ2v) is 14.2. The smallest absolute Gasteiger partial charge is 0.266 e. The highest BCUT2D eigenvalue weighted by atomic mass is 35.5. The molecule has 0 N–H and O–H groups in total. The van der Waals surface area contributed by atoms with Gasteiger partial charge in [0.05, 0.1) is 19.8 Å². The molecule has 0 radical (unpaired) electrons. The van der Waals surface area contributed by atoms with Gasteiger partial charge in [0.1, 0.15) is 10.6 Å². The van der Waals surface area contributed by atoms with Gasteiger partial charge in [0, 0.05) is 43.0 Å². The van der Waals surface area contributed by atoms with Crippen LogP contribution < -0.4 is 4.74 Å². The van der Waals surface area contributed by atoms with Crippen LogP contribution in [0, 0.1) is 0 Å². The largest absolute Gasteiger partial charge is 0.484 e. The van der Waals surface area contributed by atoms with Crippen molar-refractivity contribution in [3.05, 3.63) is 117 Å². The Morgan fingerprint density at radius 2 is 1.54 bits per heavy atom. The summed E-state index contributed by atoms with van der Waals surface area (Å²) < 4.78 is 6.51. The zero-order chi connectivity index (χ0) is 33.6. The summed E-state index contributed by atoms with van der Waals surface area (Å²) in [5.41, 5.74) is 3.12. The highest BCUT2D eigenvalue weighted by Crippen LogP contribution is 2.43. The first-order valence-electron chi connectivity index (χ1n) is 16.2. The number of ether oxygens (including phenoxy) is 1. The number of amides is 2. The van der Waals surface area contributed by atoms with E-state index in [9.17, 15) is 9.59 Å². The van der Waals surface area contributed by atoms with Crippen molar-refractivity contribution in [2.75, 3.05) is 13.2 Å². The van der Waals surface area contributed by atoms with E-state index in [0.29, 0.717) is 48.9 Å². The molecule has 0 bridgehead atoms. The van der Waals surface area contributed by atoms with Gasteiger partial charge in [0.15, 0.2) is 6.61 Å².